The Hall–Kier alpha value is -2.35. The van der Waals surface area contributed by atoms with E-state index in [2.05, 4.69) is 5.32 Å². The Morgan fingerprint density at radius 3 is 2.88 bits per heavy atom. The molecule has 0 bridgehead atoms. The maximum atomic E-state index is 13.3. The maximum Gasteiger partial charge on any atom is 0.242 e. The van der Waals surface area contributed by atoms with Crippen molar-refractivity contribution in [1.29, 1.82) is 0 Å². The number of thioether (sulfide) groups is 1. The van der Waals surface area contributed by atoms with Gasteiger partial charge in [0.25, 0.3) is 0 Å². The summed E-state index contributed by atoms with van der Waals surface area (Å²) in [7, 11) is 0. The van der Waals surface area contributed by atoms with Gasteiger partial charge in [-0.2, -0.15) is 0 Å². The van der Waals surface area contributed by atoms with E-state index >= 15 is 0 Å². The number of amidine groups is 1. The highest BCUT2D eigenvalue weighted by molar-refractivity contribution is 8.15. The van der Waals surface area contributed by atoms with Crippen LogP contribution in [0, 0.1) is 13.8 Å². The van der Waals surface area contributed by atoms with Crippen LogP contribution in [0.3, 0.4) is 0 Å². The molecule has 2 fully saturated rings. The Kier molecular flexibility index (Phi) is 7.18. The fraction of sp³-hybridized carbons (Fsp3) is 0.375. The minimum atomic E-state index is -0.528. The molecule has 2 aliphatic rings. The first kappa shape index (κ1) is 22.8. The molecular weight excluding hydrogens is 446 g/mol. The summed E-state index contributed by atoms with van der Waals surface area (Å²) in [4.78, 5) is 32.4. The van der Waals surface area contributed by atoms with E-state index in [1.54, 1.807) is 29.2 Å². The Morgan fingerprint density at radius 1 is 1.28 bits per heavy atom. The molecule has 2 atom stereocenters. The topological polar surface area (TPSA) is 71.0 Å². The SMILES string of the molecule is Cc1ccc(C)c(N=C2SC(CC(=O)Nc3cccc(Cl)c3)C(=O)N2CC2CCCO2)c1. The molecular formula is C24H26ClN3O3S. The van der Waals surface area contributed by atoms with Gasteiger partial charge < -0.3 is 10.1 Å². The molecule has 1 N–H and O–H groups in total. The van der Waals surface area contributed by atoms with Gasteiger partial charge in [-0.3, -0.25) is 14.5 Å². The van der Waals surface area contributed by atoms with Gasteiger partial charge in [-0.05, 0) is 62.1 Å². The Labute approximate surface area is 197 Å². The molecule has 0 spiro atoms. The van der Waals surface area contributed by atoms with Crippen molar-refractivity contribution >= 4 is 51.7 Å². The third-order valence-corrected chi connectivity index (χ3v) is 6.90. The minimum absolute atomic E-state index is 0.00222. The van der Waals surface area contributed by atoms with Crippen LogP contribution in [-0.4, -0.2) is 46.4 Å². The highest BCUT2D eigenvalue weighted by atomic mass is 35.5. The first-order valence-corrected chi connectivity index (χ1v) is 12.0. The number of rotatable bonds is 6. The molecule has 6 nitrogen and oxygen atoms in total. The van der Waals surface area contributed by atoms with Crippen molar-refractivity contribution in [3.8, 4) is 0 Å². The van der Waals surface area contributed by atoms with Crippen molar-refractivity contribution in [1.82, 2.24) is 4.90 Å². The summed E-state index contributed by atoms with van der Waals surface area (Å²) < 4.78 is 5.76. The number of carbonyl (C=O) groups excluding carboxylic acids is 2. The summed E-state index contributed by atoms with van der Waals surface area (Å²) in [6.45, 7) is 5.19. The molecule has 2 aromatic rings. The fourth-order valence-electron chi connectivity index (χ4n) is 3.77. The number of aliphatic imine (C=N–C) groups is 1. The first-order chi connectivity index (χ1) is 15.4. The third-order valence-electron chi connectivity index (χ3n) is 5.49. The number of aryl methyl sites for hydroxylation is 2. The van der Waals surface area contributed by atoms with Crippen LogP contribution in [-0.2, 0) is 14.3 Å². The van der Waals surface area contributed by atoms with Gasteiger partial charge in [0.15, 0.2) is 5.17 Å². The number of nitrogens with one attached hydrogen (secondary N) is 1. The molecule has 4 rings (SSSR count). The number of hydrogen-bond donors (Lipinski definition) is 1. The molecule has 0 aliphatic carbocycles. The lowest BCUT2D eigenvalue weighted by molar-refractivity contribution is -0.129. The molecule has 8 heteroatoms. The maximum absolute atomic E-state index is 13.3. The number of hydrogen-bond acceptors (Lipinski definition) is 5. The van der Waals surface area contributed by atoms with Crippen LogP contribution < -0.4 is 5.32 Å². The molecule has 2 unspecified atom stereocenters. The van der Waals surface area contributed by atoms with Crippen molar-refractivity contribution in [3.63, 3.8) is 0 Å². The number of carbonyl (C=O) groups is 2. The smallest absolute Gasteiger partial charge is 0.242 e. The second-order valence-electron chi connectivity index (χ2n) is 8.14. The van der Waals surface area contributed by atoms with Crippen molar-refractivity contribution in [2.45, 2.75) is 44.5 Å². The number of ether oxygens (including phenoxy) is 1. The van der Waals surface area contributed by atoms with Crippen LogP contribution in [0.25, 0.3) is 0 Å². The van der Waals surface area contributed by atoms with Gasteiger partial charge >= 0.3 is 0 Å². The summed E-state index contributed by atoms with van der Waals surface area (Å²) >= 11 is 7.34. The van der Waals surface area contributed by atoms with E-state index in [0.29, 0.717) is 22.4 Å². The van der Waals surface area contributed by atoms with E-state index in [9.17, 15) is 9.59 Å². The first-order valence-electron chi connectivity index (χ1n) is 10.7. The standard InChI is InChI=1S/C24H26ClN3O3S/c1-15-8-9-16(2)20(11-15)27-24-28(14-19-7-4-10-31-19)23(30)21(32-24)13-22(29)26-18-6-3-5-17(25)12-18/h3,5-6,8-9,11-12,19,21H,4,7,10,13-14H2,1-2H3,(H,26,29). The number of halogens is 1. The average Bonchev–Trinajstić information content (AvgIpc) is 3.35. The van der Waals surface area contributed by atoms with E-state index in [1.807, 2.05) is 32.0 Å². The Bertz CT molecular complexity index is 1050. The zero-order valence-electron chi connectivity index (χ0n) is 18.1. The van der Waals surface area contributed by atoms with Gasteiger partial charge in [-0.25, -0.2) is 4.99 Å². The summed E-state index contributed by atoms with van der Waals surface area (Å²) in [5, 5.41) is 3.47. The van der Waals surface area contributed by atoms with E-state index in [-0.39, 0.29) is 24.3 Å². The van der Waals surface area contributed by atoms with Gasteiger partial charge in [-0.1, -0.05) is 41.6 Å². The molecule has 2 saturated heterocycles. The van der Waals surface area contributed by atoms with Crippen LogP contribution in [0.2, 0.25) is 5.02 Å². The van der Waals surface area contributed by atoms with Crippen molar-refractivity contribution in [2.75, 3.05) is 18.5 Å². The van der Waals surface area contributed by atoms with Gasteiger partial charge in [-0.15, -0.1) is 0 Å². The number of nitrogens with zero attached hydrogens (tertiary/aromatic N) is 2. The van der Waals surface area contributed by atoms with E-state index in [1.165, 1.54) is 11.8 Å². The fourth-order valence-corrected chi connectivity index (χ4v) is 5.12. The molecule has 0 aromatic heterocycles. The van der Waals surface area contributed by atoms with Crippen LogP contribution in [0.15, 0.2) is 47.5 Å². The molecule has 2 heterocycles. The van der Waals surface area contributed by atoms with Gasteiger partial charge in [0.05, 0.1) is 18.3 Å². The summed E-state index contributed by atoms with van der Waals surface area (Å²) in [6, 6.07) is 13.0. The van der Waals surface area contributed by atoms with E-state index in [4.69, 9.17) is 21.3 Å². The van der Waals surface area contributed by atoms with Crippen molar-refractivity contribution in [3.05, 3.63) is 58.6 Å². The van der Waals surface area contributed by atoms with Crippen LogP contribution >= 0.6 is 23.4 Å². The molecule has 2 aromatic carbocycles. The molecule has 0 radical (unpaired) electrons. The second kappa shape index (κ2) is 10.1. The normalized spacial score (nSPS) is 22.0. The molecule has 32 heavy (non-hydrogen) atoms. The number of amides is 2. The zero-order valence-corrected chi connectivity index (χ0v) is 19.7. The summed E-state index contributed by atoms with van der Waals surface area (Å²) in [6.07, 6.45) is 1.98. The monoisotopic (exact) mass is 471 g/mol. The number of benzene rings is 2. The largest absolute Gasteiger partial charge is 0.376 e. The molecule has 2 amide bonds. The minimum Gasteiger partial charge on any atom is -0.376 e. The summed E-state index contributed by atoms with van der Waals surface area (Å²) in [5.74, 6) is -0.334. The predicted octanol–water partition coefficient (Wildman–Crippen LogP) is 5.10. The predicted molar refractivity (Wildman–Crippen MR) is 130 cm³/mol. The molecule has 0 saturated carbocycles. The second-order valence-corrected chi connectivity index (χ2v) is 9.74. The van der Waals surface area contributed by atoms with Crippen LogP contribution in [0.1, 0.15) is 30.4 Å². The Balaban J connectivity index is 1.53. The van der Waals surface area contributed by atoms with Gasteiger partial charge in [0.2, 0.25) is 11.8 Å². The molecule has 168 valence electrons. The lowest BCUT2D eigenvalue weighted by Crippen LogP contribution is -2.38. The zero-order chi connectivity index (χ0) is 22.7. The lowest BCUT2D eigenvalue weighted by atomic mass is 10.1. The van der Waals surface area contributed by atoms with Gasteiger partial charge in [0, 0.05) is 23.7 Å². The van der Waals surface area contributed by atoms with E-state index in [0.717, 1.165) is 36.3 Å². The van der Waals surface area contributed by atoms with Crippen molar-refractivity contribution in [2.24, 2.45) is 4.99 Å². The van der Waals surface area contributed by atoms with Gasteiger partial charge in [0.1, 0.15) is 5.25 Å². The third kappa shape index (κ3) is 5.52. The van der Waals surface area contributed by atoms with Crippen LogP contribution in [0.4, 0.5) is 11.4 Å². The quantitative estimate of drug-likeness (QED) is 0.636. The van der Waals surface area contributed by atoms with Crippen LogP contribution in [0.5, 0.6) is 0 Å². The number of anilines is 1. The summed E-state index contributed by atoms with van der Waals surface area (Å²) in [5.41, 5.74) is 3.59. The lowest BCUT2D eigenvalue weighted by Gasteiger charge is -2.20. The van der Waals surface area contributed by atoms with E-state index < -0.39 is 5.25 Å². The average molecular weight is 472 g/mol. The molecule has 2 aliphatic heterocycles. The Morgan fingerprint density at radius 2 is 2.12 bits per heavy atom. The highest BCUT2D eigenvalue weighted by Crippen LogP contribution is 2.34. The highest BCUT2D eigenvalue weighted by Gasteiger charge is 2.40. The van der Waals surface area contributed by atoms with Crippen molar-refractivity contribution < 1.29 is 14.3 Å².